The number of aromatic nitrogens is 1. The monoisotopic (exact) mass is 519 g/mol. The molecule has 1 aliphatic rings. The van der Waals surface area contributed by atoms with Crippen LogP contribution >= 0.6 is 28.1 Å². The Morgan fingerprint density at radius 2 is 1.82 bits per heavy atom. The van der Waals surface area contributed by atoms with E-state index >= 15 is 0 Å². The summed E-state index contributed by atoms with van der Waals surface area (Å²) in [4.78, 5) is 6.69. The Bertz CT molecular complexity index is 1240. The molecule has 1 fully saturated rings. The number of hydrogen-bond donors (Lipinski definition) is 1. The number of furan rings is 1. The normalized spacial score (nSPS) is 17.8. The van der Waals surface area contributed by atoms with Gasteiger partial charge in [-0.25, -0.2) is 0 Å². The topological polar surface area (TPSA) is 50.5 Å². The molecule has 5 rings (SSSR count). The quantitative estimate of drug-likeness (QED) is 0.286. The first-order valence-corrected chi connectivity index (χ1v) is 11.9. The van der Waals surface area contributed by atoms with Crippen molar-refractivity contribution in [1.82, 2.24) is 10.3 Å². The van der Waals surface area contributed by atoms with Crippen LogP contribution in [0.5, 0.6) is 5.75 Å². The van der Waals surface area contributed by atoms with Gasteiger partial charge in [-0.05, 0) is 79.8 Å². The van der Waals surface area contributed by atoms with Crippen LogP contribution in [0.25, 0.3) is 11.3 Å². The van der Waals surface area contributed by atoms with Crippen LogP contribution in [0.3, 0.4) is 0 Å². The molecule has 0 saturated carbocycles. The van der Waals surface area contributed by atoms with Crippen LogP contribution < -0.4 is 15.0 Å². The zero-order valence-electron chi connectivity index (χ0n) is 17.9. The van der Waals surface area contributed by atoms with Gasteiger partial charge in [-0.3, -0.25) is 4.98 Å². The summed E-state index contributed by atoms with van der Waals surface area (Å²) in [6.45, 7) is 2.60. The third kappa shape index (κ3) is 4.38. The summed E-state index contributed by atoms with van der Waals surface area (Å²) < 4.78 is 13.0. The van der Waals surface area contributed by atoms with Gasteiger partial charge in [-0.15, -0.1) is 0 Å². The standard InChI is InChI=1S/C26H22BrN3O2S/c1-2-31-20-12-10-19(11-13-20)30-25(24(29-26(30)33)21-5-3-4-16-28-21)23-15-14-22(32-23)17-6-8-18(27)9-7-17/h3-16,24-25H,2H2,1H3,(H,29,33)/t24-,25+/m1/s1. The Kier molecular flexibility index (Phi) is 6.15. The number of anilines is 1. The highest BCUT2D eigenvalue weighted by Crippen LogP contribution is 2.43. The third-order valence-corrected chi connectivity index (χ3v) is 6.41. The molecule has 2 aromatic heterocycles. The summed E-state index contributed by atoms with van der Waals surface area (Å²) in [6, 6.07) is 25.6. The molecule has 0 unspecified atom stereocenters. The molecule has 4 aromatic rings. The average Bonchev–Trinajstić information content (AvgIpc) is 3.46. The molecule has 3 heterocycles. The Morgan fingerprint density at radius 1 is 1.03 bits per heavy atom. The predicted octanol–water partition coefficient (Wildman–Crippen LogP) is 6.68. The molecule has 0 spiro atoms. The fourth-order valence-corrected chi connectivity index (χ4v) is 4.68. The van der Waals surface area contributed by atoms with E-state index in [4.69, 9.17) is 21.4 Å². The molecule has 0 bridgehead atoms. The molecule has 7 heteroatoms. The van der Waals surface area contributed by atoms with Crippen molar-refractivity contribution in [2.24, 2.45) is 0 Å². The minimum atomic E-state index is -0.199. The number of nitrogens with one attached hydrogen (secondary N) is 1. The van der Waals surface area contributed by atoms with Crippen molar-refractivity contribution in [3.8, 4) is 17.1 Å². The molecule has 0 radical (unpaired) electrons. The molecule has 1 saturated heterocycles. The number of rotatable bonds is 6. The fraction of sp³-hybridized carbons (Fsp3) is 0.154. The average molecular weight is 520 g/mol. The number of ether oxygens (including phenoxy) is 1. The first-order valence-electron chi connectivity index (χ1n) is 10.7. The van der Waals surface area contributed by atoms with Crippen molar-refractivity contribution in [2.75, 3.05) is 11.5 Å². The summed E-state index contributed by atoms with van der Waals surface area (Å²) in [5.74, 6) is 2.44. The minimum absolute atomic E-state index is 0.158. The van der Waals surface area contributed by atoms with E-state index in [0.717, 1.165) is 38.7 Å². The van der Waals surface area contributed by atoms with Crippen molar-refractivity contribution < 1.29 is 9.15 Å². The van der Waals surface area contributed by atoms with Gasteiger partial charge in [0, 0.05) is 21.9 Å². The number of benzene rings is 2. The second kappa shape index (κ2) is 9.37. The lowest BCUT2D eigenvalue weighted by molar-refractivity contribution is 0.340. The number of halogens is 1. The second-order valence-corrected chi connectivity index (χ2v) is 8.93. The Hall–Kier alpha value is -3.16. The van der Waals surface area contributed by atoms with E-state index in [0.29, 0.717) is 11.7 Å². The van der Waals surface area contributed by atoms with E-state index in [-0.39, 0.29) is 12.1 Å². The molecular formula is C26H22BrN3O2S. The Morgan fingerprint density at radius 3 is 2.52 bits per heavy atom. The van der Waals surface area contributed by atoms with Crippen LogP contribution in [0, 0.1) is 0 Å². The van der Waals surface area contributed by atoms with Crippen LogP contribution in [0.1, 0.15) is 30.5 Å². The summed E-state index contributed by atoms with van der Waals surface area (Å²) >= 11 is 9.27. The first-order chi connectivity index (χ1) is 16.1. The van der Waals surface area contributed by atoms with E-state index < -0.39 is 0 Å². The molecule has 0 aliphatic carbocycles. The third-order valence-electron chi connectivity index (χ3n) is 5.57. The minimum Gasteiger partial charge on any atom is -0.494 e. The highest BCUT2D eigenvalue weighted by molar-refractivity contribution is 9.10. The van der Waals surface area contributed by atoms with Gasteiger partial charge in [-0.2, -0.15) is 0 Å². The molecule has 166 valence electrons. The van der Waals surface area contributed by atoms with Gasteiger partial charge in [0.25, 0.3) is 0 Å². The summed E-state index contributed by atoms with van der Waals surface area (Å²) in [7, 11) is 0. The van der Waals surface area contributed by atoms with Gasteiger partial charge in [0.15, 0.2) is 5.11 Å². The molecule has 0 amide bonds. The van der Waals surface area contributed by atoms with Crippen molar-refractivity contribution in [1.29, 1.82) is 0 Å². The molecular weight excluding hydrogens is 498 g/mol. The highest BCUT2D eigenvalue weighted by Gasteiger charge is 2.42. The zero-order valence-corrected chi connectivity index (χ0v) is 20.3. The summed E-state index contributed by atoms with van der Waals surface area (Å²) in [6.07, 6.45) is 1.80. The van der Waals surface area contributed by atoms with Gasteiger partial charge in [-0.1, -0.05) is 34.1 Å². The first kappa shape index (κ1) is 21.7. The number of nitrogens with zero attached hydrogens (tertiary/aromatic N) is 2. The van der Waals surface area contributed by atoms with Crippen LogP contribution in [0.4, 0.5) is 5.69 Å². The molecule has 2 aromatic carbocycles. The Balaban J connectivity index is 1.55. The van der Waals surface area contributed by atoms with E-state index in [1.165, 1.54) is 0 Å². The number of hydrogen-bond acceptors (Lipinski definition) is 4. The van der Waals surface area contributed by atoms with E-state index in [2.05, 4.69) is 31.1 Å². The molecule has 33 heavy (non-hydrogen) atoms. The van der Waals surface area contributed by atoms with Crippen molar-refractivity contribution in [3.63, 3.8) is 0 Å². The van der Waals surface area contributed by atoms with E-state index in [1.54, 1.807) is 6.20 Å². The van der Waals surface area contributed by atoms with Gasteiger partial charge < -0.3 is 19.4 Å². The Labute approximate surface area is 206 Å². The van der Waals surface area contributed by atoms with Crippen molar-refractivity contribution in [2.45, 2.75) is 19.0 Å². The summed E-state index contributed by atoms with van der Waals surface area (Å²) in [5, 5.41) is 4.09. The second-order valence-electron chi connectivity index (χ2n) is 7.63. The van der Waals surface area contributed by atoms with Gasteiger partial charge in [0.1, 0.15) is 23.3 Å². The van der Waals surface area contributed by atoms with Gasteiger partial charge >= 0.3 is 0 Å². The lowest BCUT2D eigenvalue weighted by Gasteiger charge is -2.26. The van der Waals surface area contributed by atoms with Gasteiger partial charge in [0.05, 0.1) is 18.3 Å². The highest BCUT2D eigenvalue weighted by atomic mass is 79.9. The maximum Gasteiger partial charge on any atom is 0.174 e. The van der Waals surface area contributed by atoms with Gasteiger partial charge in [0.2, 0.25) is 0 Å². The lowest BCUT2D eigenvalue weighted by Crippen LogP contribution is -2.29. The largest absolute Gasteiger partial charge is 0.494 e. The van der Waals surface area contributed by atoms with Crippen LogP contribution in [-0.4, -0.2) is 16.7 Å². The number of thiocarbonyl (C=S) groups is 1. The van der Waals surface area contributed by atoms with Crippen molar-refractivity contribution >= 4 is 38.9 Å². The maximum atomic E-state index is 6.40. The predicted molar refractivity (Wildman–Crippen MR) is 137 cm³/mol. The van der Waals surface area contributed by atoms with E-state index in [1.807, 2.05) is 85.8 Å². The molecule has 1 N–H and O–H groups in total. The summed E-state index contributed by atoms with van der Waals surface area (Å²) in [5.41, 5.74) is 2.88. The van der Waals surface area contributed by atoms with Crippen molar-refractivity contribution in [3.05, 3.63) is 101 Å². The lowest BCUT2D eigenvalue weighted by atomic mass is 10.0. The fourth-order valence-electron chi connectivity index (χ4n) is 4.07. The maximum absolute atomic E-state index is 6.40. The number of pyridine rings is 1. The molecule has 1 aliphatic heterocycles. The smallest absolute Gasteiger partial charge is 0.174 e. The molecule has 2 atom stereocenters. The van der Waals surface area contributed by atoms with Crippen LogP contribution in [0.15, 0.2) is 93.9 Å². The SMILES string of the molecule is CCOc1ccc(N2C(=S)N[C@H](c3ccccn3)[C@@H]2c2ccc(-c3ccc(Br)cc3)o2)cc1. The molecule has 5 nitrogen and oxygen atoms in total. The van der Waals surface area contributed by atoms with Crippen LogP contribution in [-0.2, 0) is 0 Å². The van der Waals surface area contributed by atoms with E-state index in [9.17, 15) is 0 Å². The zero-order chi connectivity index (χ0) is 22.8. The van der Waals surface area contributed by atoms with Crippen LogP contribution in [0.2, 0.25) is 0 Å².